The second kappa shape index (κ2) is 6.36. The maximum Gasteiger partial charge on any atom is 0.396 e. The summed E-state index contributed by atoms with van der Waals surface area (Å²) in [6.07, 6.45) is 0. The first-order chi connectivity index (χ1) is 12.7. The number of hydrogen-bond acceptors (Lipinski definition) is 9. The molecule has 0 saturated carbocycles. The molecule has 3 heterocycles. The number of benzene rings is 1. The molecule has 0 spiro atoms. The highest BCUT2D eigenvalue weighted by Crippen LogP contribution is 2.31. The summed E-state index contributed by atoms with van der Waals surface area (Å²) in [5.41, 5.74) is 2.54. The van der Waals surface area contributed by atoms with Crippen molar-refractivity contribution in [2.45, 2.75) is 13.8 Å². The molecular weight excluding hydrogens is 338 g/mol. The van der Waals surface area contributed by atoms with E-state index < -0.39 is 5.97 Å². The number of fused-ring (bicyclic) bond motifs is 1. The normalized spacial score (nSPS) is 11.0. The van der Waals surface area contributed by atoms with Crippen LogP contribution in [0.3, 0.4) is 0 Å². The number of aryl methyl sites for hydroxylation is 1. The van der Waals surface area contributed by atoms with Crippen molar-refractivity contribution in [2.24, 2.45) is 0 Å². The topological polar surface area (TPSA) is 117 Å². The molecule has 3 aromatic heterocycles. The minimum Gasteiger partial charge on any atom is -0.459 e. The van der Waals surface area contributed by atoms with Crippen molar-refractivity contribution in [1.82, 2.24) is 25.3 Å². The molecule has 130 valence electrons. The summed E-state index contributed by atoms with van der Waals surface area (Å²) in [6.45, 7) is 3.65. The van der Waals surface area contributed by atoms with E-state index in [1.807, 2.05) is 30.3 Å². The van der Waals surface area contributed by atoms with E-state index in [0.29, 0.717) is 22.6 Å². The zero-order valence-corrected chi connectivity index (χ0v) is 14.0. The van der Waals surface area contributed by atoms with Gasteiger partial charge in [-0.25, -0.2) is 14.8 Å². The summed E-state index contributed by atoms with van der Waals surface area (Å²) < 4.78 is 15.6. The number of ether oxygens (including phenoxy) is 1. The SMILES string of the molecule is CCOC(=O)c1nnc(-c2noc3c(-c4ccccc4)nc(C)nc23)o1. The van der Waals surface area contributed by atoms with Crippen LogP contribution in [0.5, 0.6) is 0 Å². The van der Waals surface area contributed by atoms with Crippen LogP contribution in [0.25, 0.3) is 33.9 Å². The predicted octanol–water partition coefficient (Wildman–Crippen LogP) is 2.82. The number of carbonyl (C=O) groups is 1. The van der Waals surface area contributed by atoms with Crippen molar-refractivity contribution in [2.75, 3.05) is 6.61 Å². The van der Waals surface area contributed by atoms with Gasteiger partial charge >= 0.3 is 11.9 Å². The van der Waals surface area contributed by atoms with Crippen LogP contribution >= 0.6 is 0 Å². The first kappa shape index (κ1) is 15.9. The number of nitrogens with zero attached hydrogens (tertiary/aromatic N) is 5. The second-order valence-corrected chi connectivity index (χ2v) is 5.33. The molecule has 4 rings (SSSR count). The Kier molecular flexibility index (Phi) is 3.88. The molecule has 9 heteroatoms. The monoisotopic (exact) mass is 351 g/mol. The van der Waals surface area contributed by atoms with Gasteiger partial charge < -0.3 is 13.7 Å². The molecule has 0 atom stereocenters. The van der Waals surface area contributed by atoms with Gasteiger partial charge in [-0.3, -0.25) is 0 Å². The molecule has 0 aliphatic rings. The summed E-state index contributed by atoms with van der Waals surface area (Å²) in [6, 6.07) is 9.54. The Labute approximate surface area is 147 Å². The van der Waals surface area contributed by atoms with Crippen molar-refractivity contribution in [1.29, 1.82) is 0 Å². The molecule has 0 aliphatic heterocycles. The van der Waals surface area contributed by atoms with Crippen molar-refractivity contribution in [3.05, 3.63) is 42.0 Å². The smallest absolute Gasteiger partial charge is 0.396 e. The van der Waals surface area contributed by atoms with E-state index in [2.05, 4.69) is 25.3 Å². The zero-order valence-electron chi connectivity index (χ0n) is 14.0. The summed E-state index contributed by atoms with van der Waals surface area (Å²) in [4.78, 5) is 20.5. The highest BCUT2D eigenvalue weighted by molar-refractivity contribution is 5.94. The van der Waals surface area contributed by atoms with Crippen LogP contribution in [-0.4, -0.2) is 37.9 Å². The maximum atomic E-state index is 11.7. The summed E-state index contributed by atoms with van der Waals surface area (Å²) in [5.74, 6) is -0.406. The van der Waals surface area contributed by atoms with E-state index >= 15 is 0 Å². The zero-order chi connectivity index (χ0) is 18.1. The molecular formula is C17H13N5O4. The average Bonchev–Trinajstić information content (AvgIpc) is 3.28. The first-order valence-electron chi connectivity index (χ1n) is 7.87. The lowest BCUT2D eigenvalue weighted by molar-refractivity contribution is 0.0481. The van der Waals surface area contributed by atoms with Crippen molar-refractivity contribution in [3.63, 3.8) is 0 Å². The Hall–Kier alpha value is -3.62. The fraction of sp³-hybridized carbons (Fsp3) is 0.176. The molecule has 0 aliphatic carbocycles. The number of rotatable bonds is 4. The van der Waals surface area contributed by atoms with Gasteiger partial charge in [-0.1, -0.05) is 35.5 Å². The molecule has 9 nitrogen and oxygen atoms in total. The Balaban J connectivity index is 1.83. The Morgan fingerprint density at radius 1 is 1.12 bits per heavy atom. The first-order valence-corrected chi connectivity index (χ1v) is 7.87. The van der Waals surface area contributed by atoms with Crippen molar-refractivity contribution < 1.29 is 18.5 Å². The lowest BCUT2D eigenvalue weighted by Crippen LogP contribution is -2.04. The predicted molar refractivity (Wildman–Crippen MR) is 89.0 cm³/mol. The third-order valence-corrected chi connectivity index (χ3v) is 3.55. The Bertz CT molecular complexity index is 1090. The molecule has 0 fully saturated rings. The van der Waals surface area contributed by atoms with Crippen LogP contribution in [0.2, 0.25) is 0 Å². The van der Waals surface area contributed by atoms with Gasteiger partial charge in [0.2, 0.25) is 5.58 Å². The summed E-state index contributed by atoms with van der Waals surface area (Å²) in [5, 5.41) is 11.5. The van der Waals surface area contributed by atoms with Crippen molar-refractivity contribution in [3.8, 4) is 22.8 Å². The second-order valence-electron chi connectivity index (χ2n) is 5.33. The van der Waals surface area contributed by atoms with E-state index in [4.69, 9.17) is 13.7 Å². The number of aromatic nitrogens is 5. The van der Waals surface area contributed by atoms with Crippen molar-refractivity contribution >= 4 is 17.1 Å². The van der Waals surface area contributed by atoms with Gasteiger partial charge in [-0.05, 0) is 13.8 Å². The molecule has 0 N–H and O–H groups in total. The third-order valence-electron chi connectivity index (χ3n) is 3.55. The van der Waals surface area contributed by atoms with Gasteiger partial charge in [0.15, 0.2) is 5.69 Å². The Morgan fingerprint density at radius 2 is 1.92 bits per heavy atom. The molecule has 0 radical (unpaired) electrons. The highest BCUT2D eigenvalue weighted by Gasteiger charge is 2.24. The number of hydrogen-bond donors (Lipinski definition) is 0. The van der Waals surface area contributed by atoms with Crippen LogP contribution in [0, 0.1) is 6.92 Å². The van der Waals surface area contributed by atoms with E-state index in [1.54, 1.807) is 13.8 Å². The van der Waals surface area contributed by atoms with Crippen LogP contribution in [0.1, 0.15) is 23.4 Å². The van der Waals surface area contributed by atoms with Gasteiger partial charge in [-0.15, -0.1) is 10.2 Å². The van der Waals surface area contributed by atoms with Crippen LogP contribution in [-0.2, 0) is 4.74 Å². The summed E-state index contributed by atoms with van der Waals surface area (Å²) in [7, 11) is 0. The molecule has 1 aromatic carbocycles. The minimum atomic E-state index is -0.699. The van der Waals surface area contributed by atoms with Gasteiger partial charge in [0.05, 0.1) is 6.61 Å². The maximum absolute atomic E-state index is 11.7. The lowest BCUT2D eigenvalue weighted by atomic mass is 10.1. The van der Waals surface area contributed by atoms with Gasteiger partial charge in [0.25, 0.3) is 5.89 Å². The summed E-state index contributed by atoms with van der Waals surface area (Å²) >= 11 is 0. The lowest BCUT2D eigenvalue weighted by Gasteiger charge is -2.01. The van der Waals surface area contributed by atoms with Gasteiger partial charge in [-0.2, -0.15) is 0 Å². The minimum absolute atomic E-state index is 0.0175. The third kappa shape index (κ3) is 2.69. The Morgan fingerprint density at radius 3 is 2.69 bits per heavy atom. The van der Waals surface area contributed by atoms with E-state index in [1.165, 1.54) is 0 Å². The average molecular weight is 351 g/mol. The van der Waals surface area contributed by atoms with Crippen LogP contribution in [0.4, 0.5) is 0 Å². The van der Waals surface area contributed by atoms with Gasteiger partial charge in [0.1, 0.15) is 17.0 Å². The van der Waals surface area contributed by atoms with E-state index in [0.717, 1.165) is 5.56 Å². The molecule has 26 heavy (non-hydrogen) atoms. The quantitative estimate of drug-likeness (QED) is 0.511. The number of esters is 1. The molecule has 4 aromatic rings. The molecule has 0 saturated heterocycles. The fourth-order valence-electron chi connectivity index (χ4n) is 2.47. The molecule has 0 amide bonds. The van der Waals surface area contributed by atoms with E-state index in [-0.39, 0.29) is 24.1 Å². The fourth-order valence-corrected chi connectivity index (χ4v) is 2.47. The van der Waals surface area contributed by atoms with E-state index in [9.17, 15) is 4.79 Å². The van der Waals surface area contributed by atoms with Gasteiger partial charge in [0, 0.05) is 5.56 Å². The molecule has 0 unspecified atom stereocenters. The van der Waals surface area contributed by atoms with Crippen LogP contribution in [0.15, 0.2) is 39.3 Å². The number of carbonyl (C=O) groups excluding carboxylic acids is 1. The highest BCUT2D eigenvalue weighted by atomic mass is 16.5. The largest absolute Gasteiger partial charge is 0.459 e. The standard InChI is InChI=1S/C17H13N5O4/c1-3-24-17(23)16-21-20-15(25-16)13-12-14(26-22-13)11(18-9(2)19-12)10-7-5-4-6-8-10/h4-8H,3H2,1-2H3. The molecule has 0 bridgehead atoms. The van der Waals surface area contributed by atoms with Crippen LogP contribution < -0.4 is 0 Å².